The number of nitrogens with zero attached hydrogens (tertiary/aromatic N) is 1. The Kier molecular flexibility index (Phi) is 6.97. The summed E-state index contributed by atoms with van der Waals surface area (Å²) in [5.41, 5.74) is 1.43. The first-order chi connectivity index (χ1) is 12.6. The Labute approximate surface area is 160 Å². The Morgan fingerprint density at radius 1 is 1.19 bits per heavy atom. The number of thioether (sulfide) groups is 1. The zero-order valence-corrected chi connectivity index (χ0v) is 16.3. The first-order valence-corrected chi connectivity index (χ1v) is 10.8. The molecule has 1 atom stereocenters. The Hall–Kier alpha value is -1.53. The zero-order chi connectivity index (χ0) is 18.4. The van der Waals surface area contributed by atoms with E-state index in [1.54, 1.807) is 0 Å². The van der Waals surface area contributed by atoms with Gasteiger partial charge in [0.2, 0.25) is 5.91 Å². The van der Waals surface area contributed by atoms with Gasteiger partial charge in [-0.3, -0.25) is 9.59 Å². The van der Waals surface area contributed by atoms with E-state index in [2.05, 4.69) is 10.6 Å². The molecular weight excluding hydrogens is 346 g/mol. The Morgan fingerprint density at radius 2 is 1.92 bits per heavy atom. The first kappa shape index (κ1) is 19.2. The van der Waals surface area contributed by atoms with Crippen molar-refractivity contribution < 1.29 is 9.59 Å². The lowest BCUT2D eigenvalue weighted by Crippen LogP contribution is -2.39. The second-order valence-electron chi connectivity index (χ2n) is 7.26. The number of carbonyl (C=O) groups excluding carboxylic acids is 2. The van der Waals surface area contributed by atoms with Gasteiger partial charge in [-0.05, 0) is 37.1 Å². The summed E-state index contributed by atoms with van der Waals surface area (Å²) in [6, 6.07) is 7.87. The Bertz CT molecular complexity index is 608. The van der Waals surface area contributed by atoms with Crippen LogP contribution in [-0.2, 0) is 4.79 Å². The van der Waals surface area contributed by atoms with E-state index < -0.39 is 0 Å². The van der Waals surface area contributed by atoms with E-state index >= 15 is 0 Å². The van der Waals surface area contributed by atoms with Crippen molar-refractivity contribution in [2.24, 2.45) is 0 Å². The van der Waals surface area contributed by atoms with Crippen LogP contribution in [0.5, 0.6) is 0 Å². The molecule has 1 unspecified atom stereocenters. The number of carbonyl (C=O) groups is 2. The molecule has 2 N–H and O–H groups in total. The minimum Gasteiger partial charge on any atom is -0.339 e. The number of hydrogen-bond donors (Lipinski definition) is 2. The largest absolute Gasteiger partial charge is 0.339 e. The third-order valence-corrected chi connectivity index (χ3v) is 6.42. The van der Waals surface area contributed by atoms with E-state index in [1.807, 2.05) is 48.0 Å². The molecule has 1 aromatic rings. The molecule has 1 aromatic carbocycles. The number of amides is 2. The molecule has 1 heterocycles. The van der Waals surface area contributed by atoms with Crippen molar-refractivity contribution in [1.82, 2.24) is 10.2 Å². The maximum Gasteiger partial charge on any atom is 0.253 e. The number of nitrogens with one attached hydrogen (secondary N) is 2. The van der Waals surface area contributed by atoms with Crippen molar-refractivity contribution >= 4 is 29.3 Å². The van der Waals surface area contributed by atoms with Crippen LogP contribution in [0.2, 0.25) is 0 Å². The summed E-state index contributed by atoms with van der Waals surface area (Å²) in [6.45, 7) is 0.966. The van der Waals surface area contributed by atoms with E-state index in [9.17, 15) is 9.59 Å². The fraction of sp³-hybridized carbons (Fsp3) is 0.600. The molecule has 2 amide bonds. The van der Waals surface area contributed by atoms with E-state index in [0.717, 1.165) is 36.6 Å². The van der Waals surface area contributed by atoms with Crippen LogP contribution < -0.4 is 10.6 Å². The van der Waals surface area contributed by atoms with Crippen LogP contribution in [0.4, 0.5) is 5.69 Å². The molecule has 2 fully saturated rings. The van der Waals surface area contributed by atoms with Gasteiger partial charge in [0, 0.05) is 54.9 Å². The molecule has 0 bridgehead atoms. The van der Waals surface area contributed by atoms with Crippen molar-refractivity contribution in [2.45, 2.75) is 50.6 Å². The maximum atomic E-state index is 12.7. The molecule has 142 valence electrons. The summed E-state index contributed by atoms with van der Waals surface area (Å²) >= 11 is 1.89. The fourth-order valence-corrected chi connectivity index (χ4v) is 4.67. The average Bonchev–Trinajstić information content (AvgIpc) is 2.69. The number of anilines is 1. The van der Waals surface area contributed by atoms with Crippen LogP contribution >= 0.6 is 11.8 Å². The van der Waals surface area contributed by atoms with Crippen LogP contribution in [0, 0.1) is 0 Å². The van der Waals surface area contributed by atoms with Crippen LogP contribution in [-0.4, -0.2) is 53.9 Å². The lowest BCUT2D eigenvalue weighted by Gasteiger charge is -2.31. The van der Waals surface area contributed by atoms with E-state index in [-0.39, 0.29) is 17.9 Å². The molecule has 1 saturated heterocycles. The molecule has 6 heteroatoms. The highest BCUT2D eigenvalue weighted by Gasteiger charge is 2.23. The van der Waals surface area contributed by atoms with Gasteiger partial charge in [0.25, 0.3) is 5.91 Å². The summed E-state index contributed by atoms with van der Waals surface area (Å²) in [7, 11) is 1.91. The molecule has 3 rings (SSSR count). The van der Waals surface area contributed by atoms with Gasteiger partial charge in [-0.2, -0.15) is 11.8 Å². The highest BCUT2D eigenvalue weighted by molar-refractivity contribution is 7.99. The van der Waals surface area contributed by atoms with E-state index in [0.29, 0.717) is 18.0 Å². The number of hydrogen-bond acceptors (Lipinski definition) is 4. The third-order valence-electron chi connectivity index (χ3n) is 5.29. The number of rotatable bonds is 5. The molecule has 0 aromatic heterocycles. The minimum atomic E-state index is 0.0170. The SMILES string of the molecule is CN(C(=O)c1ccc(NC(=O)CC2CSCCN2)cc1)C1CCCCC1. The average molecular weight is 376 g/mol. The molecule has 0 spiro atoms. The standard InChI is InChI=1S/C20H29N3O2S/c1-23(18-5-3-2-4-6-18)20(25)15-7-9-16(10-8-15)22-19(24)13-17-14-26-12-11-21-17/h7-10,17-18,21H,2-6,11-14H2,1H3,(H,22,24). The van der Waals surface area contributed by atoms with Crippen molar-refractivity contribution in [2.75, 3.05) is 30.4 Å². The van der Waals surface area contributed by atoms with Crippen molar-refractivity contribution in [3.05, 3.63) is 29.8 Å². The predicted octanol–water partition coefficient (Wildman–Crippen LogP) is 3.12. The lowest BCUT2D eigenvalue weighted by molar-refractivity contribution is -0.116. The lowest BCUT2D eigenvalue weighted by atomic mass is 9.94. The van der Waals surface area contributed by atoms with Crippen molar-refractivity contribution in [3.8, 4) is 0 Å². The summed E-state index contributed by atoms with van der Waals surface area (Å²) in [5.74, 6) is 2.18. The molecule has 1 saturated carbocycles. The van der Waals surface area contributed by atoms with E-state index in [1.165, 1.54) is 19.3 Å². The second kappa shape index (κ2) is 9.42. The highest BCUT2D eigenvalue weighted by Crippen LogP contribution is 2.23. The van der Waals surface area contributed by atoms with Gasteiger partial charge in [0.15, 0.2) is 0 Å². The Balaban J connectivity index is 1.52. The van der Waals surface area contributed by atoms with Crippen LogP contribution in [0.25, 0.3) is 0 Å². The third kappa shape index (κ3) is 5.24. The summed E-state index contributed by atoms with van der Waals surface area (Å²) < 4.78 is 0. The molecule has 5 nitrogen and oxygen atoms in total. The van der Waals surface area contributed by atoms with Crippen LogP contribution in [0.3, 0.4) is 0 Å². The predicted molar refractivity (Wildman–Crippen MR) is 108 cm³/mol. The quantitative estimate of drug-likeness (QED) is 0.830. The number of benzene rings is 1. The second-order valence-corrected chi connectivity index (χ2v) is 8.41. The molecule has 1 aliphatic heterocycles. The van der Waals surface area contributed by atoms with Gasteiger partial charge in [-0.15, -0.1) is 0 Å². The molecule has 0 radical (unpaired) electrons. The molecular formula is C20H29N3O2S. The highest BCUT2D eigenvalue weighted by atomic mass is 32.2. The van der Waals surface area contributed by atoms with Crippen molar-refractivity contribution in [1.29, 1.82) is 0 Å². The topological polar surface area (TPSA) is 61.4 Å². The Morgan fingerprint density at radius 3 is 2.58 bits per heavy atom. The monoisotopic (exact) mass is 375 g/mol. The van der Waals surface area contributed by atoms with Crippen LogP contribution in [0.15, 0.2) is 24.3 Å². The molecule has 1 aliphatic carbocycles. The van der Waals surface area contributed by atoms with Crippen molar-refractivity contribution in [3.63, 3.8) is 0 Å². The smallest absolute Gasteiger partial charge is 0.253 e. The first-order valence-electron chi connectivity index (χ1n) is 9.61. The summed E-state index contributed by atoms with van der Waals surface area (Å²) in [5, 5.41) is 6.31. The summed E-state index contributed by atoms with van der Waals surface area (Å²) in [6.07, 6.45) is 6.39. The van der Waals surface area contributed by atoms with E-state index in [4.69, 9.17) is 0 Å². The normalized spacial score (nSPS) is 21.2. The van der Waals surface area contributed by atoms with Crippen LogP contribution in [0.1, 0.15) is 48.9 Å². The maximum absolute atomic E-state index is 12.7. The van der Waals surface area contributed by atoms with Gasteiger partial charge in [-0.1, -0.05) is 19.3 Å². The van der Waals surface area contributed by atoms with Gasteiger partial charge in [0.05, 0.1) is 0 Å². The van der Waals surface area contributed by atoms with Gasteiger partial charge in [0.1, 0.15) is 0 Å². The fourth-order valence-electron chi connectivity index (χ4n) is 3.72. The van der Waals surface area contributed by atoms with Gasteiger partial charge < -0.3 is 15.5 Å². The molecule has 26 heavy (non-hydrogen) atoms. The minimum absolute atomic E-state index is 0.0170. The van der Waals surface area contributed by atoms with Gasteiger partial charge in [-0.25, -0.2) is 0 Å². The van der Waals surface area contributed by atoms with Gasteiger partial charge >= 0.3 is 0 Å². The zero-order valence-electron chi connectivity index (χ0n) is 15.5. The molecule has 2 aliphatic rings. The summed E-state index contributed by atoms with van der Waals surface area (Å²) in [4.78, 5) is 26.7.